The second kappa shape index (κ2) is 6.74. The molecule has 0 aromatic carbocycles. The average Bonchev–Trinajstić information content (AvgIpc) is 2.47. The predicted molar refractivity (Wildman–Crippen MR) is 81.1 cm³/mol. The van der Waals surface area contributed by atoms with Crippen LogP contribution in [-0.2, 0) is 28.4 Å². The van der Waals surface area contributed by atoms with Crippen LogP contribution >= 0.6 is 0 Å². The maximum absolute atomic E-state index is 12.3. The molecule has 2 amide bonds. The van der Waals surface area contributed by atoms with Crippen LogP contribution in [0, 0.1) is 0 Å². The largest absolute Gasteiger partial charge is 0.401 e. The smallest absolute Gasteiger partial charge is 0.367 e. The van der Waals surface area contributed by atoms with E-state index < -0.39 is 33.4 Å². The molecule has 0 aliphatic heterocycles. The molecule has 4 N–H and O–H groups in total. The van der Waals surface area contributed by atoms with Gasteiger partial charge in [0.25, 0.3) is 11.8 Å². The molecule has 2 saturated carbocycles. The zero-order valence-electron chi connectivity index (χ0n) is 13.1. The Morgan fingerprint density at radius 3 is 1.26 bits per heavy atom. The van der Waals surface area contributed by atoms with Gasteiger partial charge in [0.2, 0.25) is 0 Å². The Kier molecular flexibility index (Phi) is 5.32. The fourth-order valence-corrected chi connectivity index (χ4v) is 4.71. The summed E-state index contributed by atoms with van der Waals surface area (Å²) in [7, 11) is -4.59. The molecule has 2 aliphatic rings. The first-order valence-electron chi connectivity index (χ1n) is 7.97. The summed E-state index contributed by atoms with van der Waals surface area (Å²) in [5, 5.41) is 0. The number of carbonyl (C=O) groups is 2. The summed E-state index contributed by atoms with van der Waals surface area (Å²) in [5.41, 5.74) is 7.53. The Hall–Kier alpha value is -1.19. The molecule has 2 rings (SSSR count). The first-order valence-corrected chi connectivity index (χ1v) is 9.31. The summed E-state index contributed by atoms with van der Waals surface area (Å²) in [4.78, 5) is 23.5. The molecular weight excluding hydrogens is 324 g/mol. The Morgan fingerprint density at radius 1 is 0.696 bits per heavy atom. The lowest BCUT2D eigenvalue weighted by atomic mass is 9.84. The van der Waals surface area contributed by atoms with Gasteiger partial charge in [-0.3, -0.25) is 9.59 Å². The standard InChI is InChI=1S/C14H24N2O6S/c15-11(17)13(7-3-1-4-8-13)21-23(19,20)22-14(12(16)18)9-5-2-6-10-14/h1-10H2,(H2,15,17)(H2,16,18). The summed E-state index contributed by atoms with van der Waals surface area (Å²) in [6.07, 6.45) is 5.18. The van der Waals surface area contributed by atoms with Crippen molar-refractivity contribution >= 4 is 22.2 Å². The second-order valence-corrected chi connectivity index (χ2v) is 7.56. The Balaban J connectivity index is 2.19. The summed E-state index contributed by atoms with van der Waals surface area (Å²) < 4.78 is 34.8. The molecule has 8 nitrogen and oxygen atoms in total. The third-order valence-electron chi connectivity index (χ3n) is 4.74. The highest BCUT2D eigenvalue weighted by molar-refractivity contribution is 7.82. The van der Waals surface area contributed by atoms with Gasteiger partial charge in [-0.1, -0.05) is 12.8 Å². The van der Waals surface area contributed by atoms with Gasteiger partial charge < -0.3 is 11.5 Å². The van der Waals surface area contributed by atoms with E-state index in [4.69, 9.17) is 19.8 Å². The van der Waals surface area contributed by atoms with Crippen molar-refractivity contribution in [3.8, 4) is 0 Å². The molecule has 0 aromatic heterocycles. The van der Waals surface area contributed by atoms with E-state index in [1.54, 1.807) is 0 Å². The van der Waals surface area contributed by atoms with E-state index in [-0.39, 0.29) is 25.7 Å². The Labute approximate surface area is 136 Å². The van der Waals surface area contributed by atoms with E-state index in [0.29, 0.717) is 25.7 Å². The minimum atomic E-state index is -4.59. The molecule has 0 unspecified atom stereocenters. The highest BCUT2D eigenvalue weighted by Gasteiger charge is 2.48. The van der Waals surface area contributed by atoms with Crippen LogP contribution in [0.2, 0.25) is 0 Å². The van der Waals surface area contributed by atoms with Gasteiger partial charge in [-0.05, 0) is 51.4 Å². The van der Waals surface area contributed by atoms with Crippen molar-refractivity contribution in [2.45, 2.75) is 75.4 Å². The van der Waals surface area contributed by atoms with Crippen LogP contribution in [0.4, 0.5) is 0 Å². The predicted octanol–water partition coefficient (Wildman–Crippen LogP) is 0.641. The summed E-state index contributed by atoms with van der Waals surface area (Å²) in [6, 6.07) is 0. The quantitative estimate of drug-likeness (QED) is 0.722. The first-order chi connectivity index (χ1) is 10.7. The maximum atomic E-state index is 12.3. The van der Waals surface area contributed by atoms with Crippen molar-refractivity contribution in [1.82, 2.24) is 0 Å². The lowest BCUT2D eigenvalue weighted by molar-refractivity contribution is -0.141. The molecule has 0 spiro atoms. The monoisotopic (exact) mass is 348 g/mol. The summed E-state index contributed by atoms with van der Waals surface area (Å²) >= 11 is 0. The molecule has 0 aromatic rings. The number of amides is 2. The highest BCUT2D eigenvalue weighted by Crippen LogP contribution is 2.37. The molecule has 0 atom stereocenters. The SMILES string of the molecule is NC(=O)C1(OS(=O)(=O)OC2(C(N)=O)CCCCC2)CCCCC1. The van der Waals surface area contributed by atoms with Crippen molar-refractivity contribution in [3.63, 3.8) is 0 Å². The molecule has 2 fully saturated rings. The molecule has 0 saturated heterocycles. The minimum Gasteiger partial charge on any atom is -0.367 e. The van der Waals surface area contributed by atoms with Crippen molar-refractivity contribution in [2.75, 3.05) is 0 Å². The topological polar surface area (TPSA) is 139 Å². The maximum Gasteiger partial charge on any atom is 0.401 e. The number of nitrogens with two attached hydrogens (primary N) is 2. The van der Waals surface area contributed by atoms with E-state index in [9.17, 15) is 18.0 Å². The van der Waals surface area contributed by atoms with Crippen molar-refractivity contribution < 1.29 is 26.4 Å². The van der Waals surface area contributed by atoms with Gasteiger partial charge in [0.15, 0.2) is 11.2 Å². The lowest BCUT2D eigenvalue weighted by Crippen LogP contribution is -2.53. The third-order valence-corrected chi connectivity index (χ3v) is 5.79. The zero-order chi connectivity index (χ0) is 17.1. The van der Waals surface area contributed by atoms with Gasteiger partial charge in [0.1, 0.15) is 0 Å². The van der Waals surface area contributed by atoms with Crippen molar-refractivity contribution in [3.05, 3.63) is 0 Å². The highest BCUT2D eigenvalue weighted by atomic mass is 32.3. The Morgan fingerprint density at radius 2 is 1.00 bits per heavy atom. The molecule has 9 heteroatoms. The van der Waals surface area contributed by atoms with Crippen LogP contribution in [-0.4, -0.2) is 31.4 Å². The van der Waals surface area contributed by atoms with E-state index in [1.165, 1.54) is 0 Å². The third kappa shape index (κ3) is 4.02. The van der Waals surface area contributed by atoms with Crippen LogP contribution in [0.15, 0.2) is 0 Å². The molecule has 2 aliphatic carbocycles. The molecule has 132 valence electrons. The number of carbonyl (C=O) groups excluding carboxylic acids is 2. The van der Waals surface area contributed by atoms with Gasteiger partial charge in [-0.25, -0.2) is 8.37 Å². The minimum absolute atomic E-state index is 0.217. The summed E-state index contributed by atoms with van der Waals surface area (Å²) in [6.45, 7) is 0. The molecule has 0 radical (unpaired) electrons. The van der Waals surface area contributed by atoms with Crippen molar-refractivity contribution in [1.29, 1.82) is 0 Å². The normalized spacial score (nSPS) is 24.0. The lowest BCUT2D eigenvalue weighted by Gasteiger charge is -2.36. The van der Waals surface area contributed by atoms with Crippen molar-refractivity contribution in [2.24, 2.45) is 11.5 Å². The van der Waals surface area contributed by atoms with Gasteiger partial charge in [0.05, 0.1) is 0 Å². The first kappa shape index (κ1) is 18.2. The van der Waals surface area contributed by atoms with E-state index in [1.807, 2.05) is 0 Å². The number of primary amides is 2. The van der Waals surface area contributed by atoms with Crippen LogP contribution in [0.1, 0.15) is 64.2 Å². The fourth-order valence-electron chi connectivity index (χ4n) is 3.40. The van der Waals surface area contributed by atoms with Gasteiger partial charge in [0, 0.05) is 0 Å². The van der Waals surface area contributed by atoms with E-state index >= 15 is 0 Å². The fraction of sp³-hybridized carbons (Fsp3) is 0.857. The molecule has 23 heavy (non-hydrogen) atoms. The molecule has 0 bridgehead atoms. The number of hydrogen-bond acceptors (Lipinski definition) is 6. The number of rotatable bonds is 6. The molecular formula is C14H24N2O6S. The van der Waals surface area contributed by atoms with Gasteiger partial charge in [-0.15, -0.1) is 0 Å². The zero-order valence-corrected chi connectivity index (χ0v) is 13.9. The number of hydrogen-bond donors (Lipinski definition) is 2. The van der Waals surface area contributed by atoms with E-state index in [2.05, 4.69) is 0 Å². The average molecular weight is 348 g/mol. The van der Waals surface area contributed by atoms with Crippen LogP contribution in [0.3, 0.4) is 0 Å². The van der Waals surface area contributed by atoms with Crippen LogP contribution in [0.25, 0.3) is 0 Å². The summed E-state index contributed by atoms with van der Waals surface area (Å²) in [5.74, 6) is -1.66. The van der Waals surface area contributed by atoms with Crippen LogP contribution in [0.5, 0.6) is 0 Å². The molecule has 0 heterocycles. The second-order valence-electron chi connectivity index (χ2n) is 6.41. The van der Waals surface area contributed by atoms with Crippen LogP contribution < -0.4 is 11.5 Å². The van der Waals surface area contributed by atoms with Gasteiger partial charge >= 0.3 is 10.4 Å². The van der Waals surface area contributed by atoms with E-state index in [0.717, 1.165) is 12.8 Å². The van der Waals surface area contributed by atoms with Gasteiger partial charge in [-0.2, -0.15) is 8.42 Å². The Bertz CT molecular complexity index is 518.